The van der Waals surface area contributed by atoms with E-state index in [1.165, 1.54) is 18.8 Å². The van der Waals surface area contributed by atoms with Crippen LogP contribution in [-0.2, 0) is 6.54 Å². The van der Waals surface area contributed by atoms with E-state index in [1.807, 2.05) is 37.3 Å². The van der Waals surface area contributed by atoms with Crippen molar-refractivity contribution in [3.8, 4) is 11.5 Å². The average molecular weight is 429 g/mol. The minimum Gasteiger partial charge on any atom is -0.497 e. The number of fused-ring (bicyclic) bond motifs is 1. The summed E-state index contributed by atoms with van der Waals surface area (Å²) >= 11 is 0. The van der Waals surface area contributed by atoms with Crippen LogP contribution < -0.4 is 20.3 Å². The first kappa shape index (κ1) is 21.1. The molecule has 0 fully saturated rings. The third-order valence-electron chi connectivity index (χ3n) is 5.21. The average Bonchev–Trinajstić information content (AvgIpc) is 2.81. The van der Waals surface area contributed by atoms with Gasteiger partial charge < -0.3 is 14.8 Å². The van der Waals surface area contributed by atoms with Crippen LogP contribution in [0.3, 0.4) is 0 Å². The van der Waals surface area contributed by atoms with E-state index < -0.39 is 11.5 Å². The number of nitrogens with zero attached hydrogens (tertiary/aromatic N) is 2. The summed E-state index contributed by atoms with van der Waals surface area (Å²) < 4.78 is 12.1. The summed E-state index contributed by atoms with van der Waals surface area (Å²) in [5.41, 5.74) is 2.60. The molecule has 0 aliphatic rings. The third-order valence-corrected chi connectivity index (χ3v) is 5.21. The summed E-state index contributed by atoms with van der Waals surface area (Å²) in [6.45, 7) is 2.31. The molecule has 32 heavy (non-hydrogen) atoms. The van der Waals surface area contributed by atoms with Gasteiger partial charge in [-0.2, -0.15) is 0 Å². The van der Waals surface area contributed by atoms with Gasteiger partial charge in [0.05, 0.1) is 26.5 Å². The molecule has 0 aliphatic heterocycles. The Hall–Kier alpha value is -4.13. The second-order valence-electron chi connectivity index (χ2n) is 7.37. The first-order valence-electron chi connectivity index (χ1n) is 10.1. The molecule has 0 atom stereocenters. The molecule has 0 spiro atoms. The lowest BCUT2D eigenvalue weighted by atomic mass is 10.1. The van der Waals surface area contributed by atoms with Gasteiger partial charge in [0, 0.05) is 17.6 Å². The second-order valence-corrected chi connectivity index (χ2v) is 7.37. The number of amides is 1. The number of aryl methyl sites for hydroxylation is 1. The number of carbonyl (C=O) groups excluding carboxylic acids is 1. The van der Waals surface area contributed by atoms with Crippen molar-refractivity contribution in [3.63, 3.8) is 0 Å². The van der Waals surface area contributed by atoms with Gasteiger partial charge in [-0.3, -0.25) is 14.2 Å². The van der Waals surface area contributed by atoms with Crippen LogP contribution in [0.15, 0.2) is 71.7 Å². The molecule has 0 saturated heterocycles. The number of ether oxygens (including phenoxy) is 2. The number of rotatable bonds is 6. The van der Waals surface area contributed by atoms with Crippen molar-refractivity contribution in [1.82, 2.24) is 9.55 Å². The van der Waals surface area contributed by atoms with Crippen LogP contribution in [0.25, 0.3) is 11.0 Å². The number of carbonyl (C=O) groups is 1. The molecule has 162 valence electrons. The molecule has 2 aromatic carbocycles. The van der Waals surface area contributed by atoms with Crippen molar-refractivity contribution in [1.29, 1.82) is 0 Å². The van der Waals surface area contributed by atoms with Gasteiger partial charge in [-0.1, -0.05) is 29.8 Å². The zero-order valence-electron chi connectivity index (χ0n) is 18.1. The fourth-order valence-electron chi connectivity index (χ4n) is 3.49. The summed E-state index contributed by atoms with van der Waals surface area (Å²) in [4.78, 5) is 30.9. The molecular formula is C25H23N3O4. The molecule has 2 heterocycles. The lowest BCUT2D eigenvalue weighted by molar-refractivity contribution is 0.102. The van der Waals surface area contributed by atoms with Crippen LogP contribution >= 0.6 is 0 Å². The van der Waals surface area contributed by atoms with Gasteiger partial charge in [0.15, 0.2) is 0 Å². The molecule has 1 N–H and O–H groups in total. The SMILES string of the molecule is COc1ccc(OC)c(NC(=O)c2cc3cccnc3n(Cc3ccc(C)cc3)c2=O)c1. The topological polar surface area (TPSA) is 82.4 Å². The Balaban J connectivity index is 1.78. The van der Waals surface area contributed by atoms with Gasteiger partial charge in [0.25, 0.3) is 11.5 Å². The maximum atomic E-state index is 13.4. The Bertz CT molecular complexity index is 1340. The summed E-state index contributed by atoms with van der Waals surface area (Å²) in [7, 11) is 3.04. The number of benzene rings is 2. The van der Waals surface area contributed by atoms with Gasteiger partial charge in [-0.05, 0) is 42.8 Å². The van der Waals surface area contributed by atoms with E-state index in [1.54, 1.807) is 36.5 Å². The molecular weight excluding hydrogens is 406 g/mol. The zero-order valence-corrected chi connectivity index (χ0v) is 18.1. The van der Waals surface area contributed by atoms with Gasteiger partial charge >= 0.3 is 0 Å². The van der Waals surface area contributed by atoms with E-state index in [-0.39, 0.29) is 5.56 Å². The number of hydrogen-bond acceptors (Lipinski definition) is 5. The number of methoxy groups -OCH3 is 2. The summed E-state index contributed by atoms with van der Waals surface area (Å²) in [5.74, 6) is 0.479. The number of pyridine rings is 2. The first-order chi connectivity index (χ1) is 15.5. The lowest BCUT2D eigenvalue weighted by Crippen LogP contribution is -2.30. The van der Waals surface area contributed by atoms with Gasteiger partial charge in [-0.15, -0.1) is 0 Å². The fraction of sp³-hybridized carbons (Fsp3) is 0.160. The Kier molecular flexibility index (Phi) is 5.89. The molecule has 2 aromatic heterocycles. The van der Waals surface area contributed by atoms with Crippen LogP contribution in [-0.4, -0.2) is 29.7 Å². The highest BCUT2D eigenvalue weighted by Crippen LogP contribution is 2.29. The Labute approximate surface area is 185 Å². The van der Waals surface area contributed by atoms with Crippen LogP contribution in [0.4, 0.5) is 5.69 Å². The molecule has 4 rings (SSSR count). The van der Waals surface area contributed by atoms with E-state index in [4.69, 9.17) is 9.47 Å². The van der Waals surface area contributed by atoms with Crippen molar-refractivity contribution in [2.75, 3.05) is 19.5 Å². The molecule has 0 saturated carbocycles. The predicted octanol–water partition coefficient (Wildman–Crippen LogP) is 4.02. The quantitative estimate of drug-likeness (QED) is 0.501. The van der Waals surface area contributed by atoms with Gasteiger partial charge in [0.1, 0.15) is 22.7 Å². The maximum absolute atomic E-state index is 13.4. The number of hydrogen-bond donors (Lipinski definition) is 1. The summed E-state index contributed by atoms with van der Waals surface area (Å²) in [6, 6.07) is 18.1. The van der Waals surface area contributed by atoms with Crippen molar-refractivity contribution in [2.24, 2.45) is 0 Å². The predicted molar refractivity (Wildman–Crippen MR) is 124 cm³/mol. The standard InChI is InChI=1S/C25H23N3O4/c1-16-6-8-17(9-7-16)15-28-23-18(5-4-12-26-23)13-20(25(28)30)24(29)27-21-14-19(31-2)10-11-22(21)32-3/h4-14H,15H2,1-3H3,(H,27,29). The highest BCUT2D eigenvalue weighted by atomic mass is 16.5. The van der Waals surface area contributed by atoms with Crippen LogP contribution in [0.1, 0.15) is 21.5 Å². The minimum absolute atomic E-state index is 0.0162. The summed E-state index contributed by atoms with van der Waals surface area (Å²) in [5, 5.41) is 3.48. The molecule has 7 heteroatoms. The van der Waals surface area contributed by atoms with E-state index in [2.05, 4.69) is 10.3 Å². The Morgan fingerprint density at radius 1 is 1.03 bits per heavy atom. The Morgan fingerprint density at radius 3 is 2.53 bits per heavy atom. The minimum atomic E-state index is -0.537. The van der Waals surface area contributed by atoms with E-state index in [0.29, 0.717) is 34.8 Å². The Morgan fingerprint density at radius 2 is 1.81 bits per heavy atom. The van der Waals surface area contributed by atoms with Crippen LogP contribution in [0.5, 0.6) is 11.5 Å². The van der Waals surface area contributed by atoms with Crippen LogP contribution in [0, 0.1) is 6.92 Å². The molecule has 4 aromatic rings. The maximum Gasteiger partial charge on any atom is 0.265 e. The monoisotopic (exact) mass is 429 g/mol. The fourth-order valence-corrected chi connectivity index (χ4v) is 3.49. The highest BCUT2D eigenvalue weighted by Gasteiger charge is 2.18. The van der Waals surface area contributed by atoms with Crippen molar-refractivity contribution < 1.29 is 14.3 Å². The lowest BCUT2D eigenvalue weighted by Gasteiger charge is -2.14. The molecule has 0 radical (unpaired) electrons. The number of anilines is 1. The van der Waals surface area contributed by atoms with E-state index >= 15 is 0 Å². The smallest absolute Gasteiger partial charge is 0.265 e. The molecule has 0 unspecified atom stereocenters. The van der Waals surface area contributed by atoms with Gasteiger partial charge in [0.2, 0.25) is 0 Å². The molecule has 1 amide bonds. The molecule has 0 aliphatic carbocycles. The van der Waals surface area contributed by atoms with Crippen molar-refractivity contribution >= 4 is 22.6 Å². The number of nitrogens with one attached hydrogen (secondary N) is 1. The third kappa shape index (κ3) is 4.18. The first-order valence-corrected chi connectivity index (χ1v) is 10.1. The second kappa shape index (κ2) is 8.93. The molecule has 0 bridgehead atoms. The summed E-state index contributed by atoms with van der Waals surface area (Å²) in [6.07, 6.45) is 1.63. The zero-order chi connectivity index (χ0) is 22.7. The normalized spacial score (nSPS) is 10.7. The highest BCUT2D eigenvalue weighted by molar-refractivity contribution is 6.06. The number of aromatic nitrogens is 2. The van der Waals surface area contributed by atoms with Gasteiger partial charge in [-0.25, -0.2) is 4.98 Å². The largest absolute Gasteiger partial charge is 0.497 e. The van der Waals surface area contributed by atoms with Crippen molar-refractivity contribution in [3.05, 3.63) is 93.9 Å². The van der Waals surface area contributed by atoms with E-state index in [0.717, 1.165) is 11.1 Å². The van der Waals surface area contributed by atoms with Crippen LogP contribution in [0.2, 0.25) is 0 Å². The van der Waals surface area contributed by atoms with E-state index in [9.17, 15) is 9.59 Å². The van der Waals surface area contributed by atoms with Crippen molar-refractivity contribution in [2.45, 2.75) is 13.5 Å². The molecule has 7 nitrogen and oxygen atoms in total.